The lowest BCUT2D eigenvalue weighted by Crippen LogP contribution is -2.10. The topological polar surface area (TPSA) is 24.9 Å². The van der Waals surface area contributed by atoms with E-state index in [4.69, 9.17) is 0 Å². The van der Waals surface area contributed by atoms with Crippen LogP contribution in [0.25, 0.3) is 0 Å². The molecule has 0 radical (unpaired) electrons. The highest BCUT2D eigenvalue weighted by Crippen LogP contribution is 2.46. The number of hydrogen-bond acceptors (Lipinski definition) is 2. The SMILES string of the molecule is CNCC1CC1c1ccncc1. The van der Waals surface area contributed by atoms with E-state index in [0.29, 0.717) is 0 Å². The van der Waals surface area contributed by atoms with Crippen LogP contribution in [0.4, 0.5) is 0 Å². The second-order valence-corrected chi connectivity index (χ2v) is 3.44. The van der Waals surface area contributed by atoms with Gasteiger partial charge in [0, 0.05) is 12.4 Å². The molecule has 0 aliphatic heterocycles. The number of nitrogens with one attached hydrogen (secondary N) is 1. The molecule has 1 aliphatic rings. The smallest absolute Gasteiger partial charge is 0.0270 e. The monoisotopic (exact) mass is 162 g/mol. The Morgan fingerprint density at radius 1 is 1.50 bits per heavy atom. The minimum Gasteiger partial charge on any atom is -0.319 e. The molecule has 1 aliphatic carbocycles. The van der Waals surface area contributed by atoms with Gasteiger partial charge in [-0.25, -0.2) is 0 Å². The van der Waals surface area contributed by atoms with E-state index in [1.165, 1.54) is 12.0 Å². The van der Waals surface area contributed by atoms with Crippen molar-refractivity contribution >= 4 is 0 Å². The molecule has 64 valence electrons. The first-order valence-corrected chi connectivity index (χ1v) is 4.46. The predicted molar refractivity (Wildman–Crippen MR) is 49.0 cm³/mol. The minimum atomic E-state index is 0.792. The second kappa shape index (κ2) is 3.23. The summed E-state index contributed by atoms with van der Waals surface area (Å²) in [6.45, 7) is 1.15. The summed E-state index contributed by atoms with van der Waals surface area (Å²) in [5, 5.41) is 3.21. The Balaban J connectivity index is 1.97. The Labute approximate surface area is 73.0 Å². The van der Waals surface area contributed by atoms with Crippen molar-refractivity contribution in [1.29, 1.82) is 0 Å². The highest BCUT2D eigenvalue weighted by atomic mass is 14.8. The van der Waals surface area contributed by atoms with Crippen LogP contribution in [0.3, 0.4) is 0 Å². The van der Waals surface area contributed by atoms with Gasteiger partial charge in [-0.1, -0.05) is 0 Å². The Morgan fingerprint density at radius 3 is 2.92 bits per heavy atom. The van der Waals surface area contributed by atoms with Gasteiger partial charge in [-0.2, -0.15) is 0 Å². The largest absolute Gasteiger partial charge is 0.319 e. The summed E-state index contributed by atoms with van der Waals surface area (Å²) in [6, 6.07) is 4.25. The molecule has 0 aromatic carbocycles. The standard InChI is InChI=1S/C10H14N2/c1-11-7-9-6-10(9)8-2-4-12-5-3-8/h2-5,9-11H,6-7H2,1H3. The lowest BCUT2D eigenvalue weighted by Gasteiger charge is -1.98. The molecule has 2 nitrogen and oxygen atoms in total. The zero-order valence-electron chi connectivity index (χ0n) is 7.33. The molecular weight excluding hydrogens is 148 g/mol. The Kier molecular flexibility index (Phi) is 2.09. The summed E-state index contributed by atoms with van der Waals surface area (Å²) in [6.07, 6.45) is 5.10. The maximum Gasteiger partial charge on any atom is 0.0270 e. The lowest BCUT2D eigenvalue weighted by atomic mass is 10.1. The molecule has 0 spiro atoms. The van der Waals surface area contributed by atoms with Gasteiger partial charge in [-0.3, -0.25) is 4.98 Å². The van der Waals surface area contributed by atoms with Crippen LogP contribution >= 0.6 is 0 Å². The third-order valence-corrected chi connectivity index (χ3v) is 2.52. The van der Waals surface area contributed by atoms with E-state index in [2.05, 4.69) is 22.4 Å². The average Bonchev–Trinajstić information content (AvgIpc) is 2.87. The summed E-state index contributed by atoms with van der Waals surface area (Å²) < 4.78 is 0. The molecular formula is C10H14N2. The zero-order chi connectivity index (χ0) is 8.39. The molecule has 1 fully saturated rings. The third-order valence-electron chi connectivity index (χ3n) is 2.52. The second-order valence-electron chi connectivity index (χ2n) is 3.44. The third kappa shape index (κ3) is 1.48. The van der Waals surface area contributed by atoms with E-state index in [-0.39, 0.29) is 0 Å². The summed E-state index contributed by atoms with van der Waals surface area (Å²) in [5.41, 5.74) is 1.45. The fourth-order valence-corrected chi connectivity index (χ4v) is 1.75. The summed E-state index contributed by atoms with van der Waals surface area (Å²) >= 11 is 0. The van der Waals surface area contributed by atoms with E-state index < -0.39 is 0 Å². The van der Waals surface area contributed by atoms with Crippen molar-refractivity contribution in [3.63, 3.8) is 0 Å². The van der Waals surface area contributed by atoms with Gasteiger partial charge in [-0.15, -0.1) is 0 Å². The van der Waals surface area contributed by atoms with Gasteiger partial charge in [0.1, 0.15) is 0 Å². The Hall–Kier alpha value is -0.890. The summed E-state index contributed by atoms with van der Waals surface area (Å²) in [4.78, 5) is 4.01. The number of aromatic nitrogens is 1. The fourth-order valence-electron chi connectivity index (χ4n) is 1.75. The van der Waals surface area contributed by atoms with Crippen LogP contribution in [-0.4, -0.2) is 18.6 Å². The van der Waals surface area contributed by atoms with Gasteiger partial charge in [0.05, 0.1) is 0 Å². The Morgan fingerprint density at radius 2 is 2.25 bits per heavy atom. The van der Waals surface area contributed by atoms with E-state index >= 15 is 0 Å². The van der Waals surface area contributed by atoms with Crippen LogP contribution < -0.4 is 5.32 Å². The molecule has 2 atom stereocenters. The van der Waals surface area contributed by atoms with Crippen molar-refractivity contribution in [2.24, 2.45) is 5.92 Å². The van der Waals surface area contributed by atoms with Gasteiger partial charge in [-0.05, 0) is 49.5 Å². The highest BCUT2D eigenvalue weighted by Gasteiger charge is 2.37. The minimum absolute atomic E-state index is 0.792. The molecule has 0 bridgehead atoms. The van der Waals surface area contributed by atoms with Crippen LogP contribution in [0, 0.1) is 5.92 Å². The van der Waals surface area contributed by atoms with Crippen LogP contribution in [-0.2, 0) is 0 Å². The van der Waals surface area contributed by atoms with Gasteiger partial charge < -0.3 is 5.32 Å². The van der Waals surface area contributed by atoms with Crippen molar-refractivity contribution in [3.05, 3.63) is 30.1 Å². The molecule has 1 saturated carbocycles. The normalized spacial score (nSPS) is 27.1. The highest BCUT2D eigenvalue weighted by molar-refractivity contribution is 5.23. The van der Waals surface area contributed by atoms with Crippen molar-refractivity contribution < 1.29 is 0 Å². The van der Waals surface area contributed by atoms with E-state index in [0.717, 1.165) is 18.4 Å². The number of pyridine rings is 1. The molecule has 1 N–H and O–H groups in total. The Bertz CT molecular complexity index is 245. The number of nitrogens with zero attached hydrogens (tertiary/aromatic N) is 1. The molecule has 1 heterocycles. The zero-order valence-corrected chi connectivity index (χ0v) is 7.33. The quantitative estimate of drug-likeness (QED) is 0.726. The number of hydrogen-bond donors (Lipinski definition) is 1. The van der Waals surface area contributed by atoms with Crippen LogP contribution in [0.15, 0.2) is 24.5 Å². The number of rotatable bonds is 3. The average molecular weight is 162 g/mol. The van der Waals surface area contributed by atoms with E-state index in [1.54, 1.807) is 0 Å². The molecule has 12 heavy (non-hydrogen) atoms. The summed E-state index contributed by atoms with van der Waals surface area (Å²) in [5.74, 6) is 1.65. The first-order valence-electron chi connectivity index (χ1n) is 4.46. The van der Waals surface area contributed by atoms with E-state index in [9.17, 15) is 0 Å². The van der Waals surface area contributed by atoms with Crippen LogP contribution in [0.1, 0.15) is 17.9 Å². The van der Waals surface area contributed by atoms with Crippen molar-refractivity contribution in [3.8, 4) is 0 Å². The van der Waals surface area contributed by atoms with Crippen molar-refractivity contribution in [1.82, 2.24) is 10.3 Å². The molecule has 1 aromatic rings. The fraction of sp³-hybridized carbons (Fsp3) is 0.500. The van der Waals surface area contributed by atoms with Crippen LogP contribution in [0.5, 0.6) is 0 Å². The maximum atomic E-state index is 4.01. The molecule has 0 saturated heterocycles. The molecule has 1 aromatic heterocycles. The van der Waals surface area contributed by atoms with Crippen molar-refractivity contribution in [2.75, 3.05) is 13.6 Å². The predicted octanol–water partition coefficient (Wildman–Crippen LogP) is 1.40. The van der Waals surface area contributed by atoms with Crippen LogP contribution in [0.2, 0.25) is 0 Å². The first kappa shape index (κ1) is 7.74. The first-order chi connectivity index (χ1) is 5.92. The van der Waals surface area contributed by atoms with Gasteiger partial charge in [0.25, 0.3) is 0 Å². The molecule has 2 heteroatoms. The molecule has 0 amide bonds. The summed E-state index contributed by atoms with van der Waals surface area (Å²) in [7, 11) is 2.02. The van der Waals surface area contributed by atoms with Gasteiger partial charge in [0.2, 0.25) is 0 Å². The van der Waals surface area contributed by atoms with Gasteiger partial charge in [0.15, 0.2) is 0 Å². The lowest BCUT2D eigenvalue weighted by molar-refractivity contribution is 0.698. The molecule has 2 unspecified atom stereocenters. The van der Waals surface area contributed by atoms with E-state index in [1.807, 2.05) is 19.4 Å². The van der Waals surface area contributed by atoms with Gasteiger partial charge >= 0.3 is 0 Å². The maximum absolute atomic E-state index is 4.01. The molecule has 2 rings (SSSR count). The van der Waals surface area contributed by atoms with Crippen molar-refractivity contribution in [2.45, 2.75) is 12.3 Å².